The van der Waals surface area contributed by atoms with E-state index in [1.165, 1.54) is 10.5 Å². The highest BCUT2D eigenvalue weighted by Gasteiger charge is 2.40. The largest absolute Gasteiger partial charge is 0.336 e. The zero-order valence-corrected chi connectivity index (χ0v) is 14.5. The molecule has 4 heteroatoms. The second kappa shape index (κ2) is 5.88. The van der Waals surface area contributed by atoms with E-state index in [2.05, 4.69) is 6.07 Å². The topological polar surface area (TPSA) is 40.6 Å². The Morgan fingerprint density at radius 1 is 0.920 bits per heavy atom. The molecule has 4 rings (SSSR count). The summed E-state index contributed by atoms with van der Waals surface area (Å²) >= 11 is 0. The molecule has 0 saturated carbocycles. The maximum atomic E-state index is 12.9. The average Bonchev–Trinajstić information content (AvgIpc) is 2.86. The van der Waals surface area contributed by atoms with Crippen LogP contribution in [0.25, 0.3) is 5.57 Å². The van der Waals surface area contributed by atoms with Crippen molar-refractivity contribution in [2.75, 3.05) is 18.5 Å². The van der Waals surface area contributed by atoms with E-state index < -0.39 is 0 Å². The highest BCUT2D eigenvalue weighted by atomic mass is 16.2. The van der Waals surface area contributed by atoms with E-state index in [1.54, 1.807) is 7.05 Å². The monoisotopic (exact) mass is 332 g/mol. The lowest BCUT2D eigenvalue weighted by atomic mass is 9.98. The number of amides is 2. The SMILES string of the molecule is Cc1ccc(C2=C(N3CCCc4ccccc43)C(=O)N(C)C2=O)cc1. The fourth-order valence-electron chi connectivity index (χ4n) is 3.62. The Kier molecular flexibility index (Phi) is 3.68. The third kappa shape index (κ3) is 2.45. The highest BCUT2D eigenvalue weighted by Crippen LogP contribution is 2.37. The molecule has 2 aromatic rings. The average molecular weight is 332 g/mol. The Hall–Kier alpha value is -2.88. The van der Waals surface area contributed by atoms with Gasteiger partial charge in [0.2, 0.25) is 0 Å². The third-order valence-corrected chi connectivity index (χ3v) is 4.98. The van der Waals surface area contributed by atoms with Crippen molar-refractivity contribution in [3.05, 3.63) is 70.9 Å². The number of aryl methyl sites for hydroxylation is 2. The Morgan fingerprint density at radius 3 is 2.40 bits per heavy atom. The number of rotatable bonds is 2. The van der Waals surface area contributed by atoms with Crippen LogP contribution in [0, 0.1) is 6.92 Å². The number of fused-ring (bicyclic) bond motifs is 1. The van der Waals surface area contributed by atoms with Gasteiger partial charge in [-0.3, -0.25) is 14.5 Å². The molecule has 0 radical (unpaired) electrons. The summed E-state index contributed by atoms with van der Waals surface area (Å²) in [5, 5.41) is 0. The molecule has 0 unspecified atom stereocenters. The number of anilines is 1. The zero-order chi connectivity index (χ0) is 17.6. The number of hydrogen-bond donors (Lipinski definition) is 0. The van der Waals surface area contributed by atoms with Gasteiger partial charge in [-0.2, -0.15) is 0 Å². The molecule has 0 bridgehead atoms. The fraction of sp³-hybridized carbons (Fsp3) is 0.238. The van der Waals surface area contributed by atoms with Gasteiger partial charge in [-0.1, -0.05) is 48.0 Å². The summed E-state index contributed by atoms with van der Waals surface area (Å²) in [6, 6.07) is 15.9. The Morgan fingerprint density at radius 2 is 1.64 bits per heavy atom. The van der Waals surface area contributed by atoms with Crippen molar-refractivity contribution in [2.24, 2.45) is 0 Å². The van der Waals surface area contributed by atoms with Crippen molar-refractivity contribution in [3.63, 3.8) is 0 Å². The van der Waals surface area contributed by atoms with E-state index in [9.17, 15) is 9.59 Å². The minimum Gasteiger partial charge on any atom is -0.336 e. The second-order valence-corrected chi connectivity index (χ2v) is 6.64. The van der Waals surface area contributed by atoms with Crippen LogP contribution in [-0.4, -0.2) is 30.3 Å². The van der Waals surface area contributed by atoms with Crippen LogP contribution >= 0.6 is 0 Å². The summed E-state index contributed by atoms with van der Waals surface area (Å²) in [5.74, 6) is -0.454. The molecular weight excluding hydrogens is 312 g/mol. The Labute approximate surface area is 147 Å². The van der Waals surface area contributed by atoms with Crippen molar-refractivity contribution in [1.82, 2.24) is 4.90 Å². The maximum Gasteiger partial charge on any atom is 0.277 e. The molecule has 0 aliphatic carbocycles. The Bertz CT molecular complexity index is 896. The lowest BCUT2D eigenvalue weighted by molar-refractivity contribution is -0.135. The first-order valence-electron chi connectivity index (χ1n) is 8.57. The van der Waals surface area contributed by atoms with E-state index in [4.69, 9.17) is 0 Å². The lowest BCUT2D eigenvalue weighted by Crippen LogP contribution is -2.35. The van der Waals surface area contributed by atoms with Gasteiger partial charge in [0.25, 0.3) is 11.8 Å². The van der Waals surface area contributed by atoms with Crippen molar-refractivity contribution in [3.8, 4) is 0 Å². The van der Waals surface area contributed by atoms with Gasteiger partial charge < -0.3 is 4.90 Å². The summed E-state index contributed by atoms with van der Waals surface area (Å²) in [6.45, 7) is 2.75. The van der Waals surface area contributed by atoms with Gasteiger partial charge in [0, 0.05) is 19.3 Å². The number of carbonyl (C=O) groups excluding carboxylic acids is 2. The highest BCUT2D eigenvalue weighted by molar-refractivity contribution is 6.36. The number of imide groups is 1. The predicted octanol–water partition coefficient (Wildman–Crippen LogP) is 3.16. The summed E-state index contributed by atoms with van der Waals surface area (Å²) < 4.78 is 0. The van der Waals surface area contributed by atoms with Crippen LogP contribution in [0.5, 0.6) is 0 Å². The summed E-state index contributed by atoms with van der Waals surface area (Å²) in [7, 11) is 1.56. The summed E-state index contributed by atoms with van der Waals surface area (Å²) in [6.07, 6.45) is 1.96. The van der Waals surface area contributed by atoms with Gasteiger partial charge in [-0.05, 0) is 37.0 Å². The molecule has 126 valence electrons. The van der Waals surface area contributed by atoms with Gasteiger partial charge >= 0.3 is 0 Å². The van der Waals surface area contributed by atoms with E-state index in [0.29, 0.717) is 11.3 Å². The molecule has 2 amide bonds. The van der Waals surface area contributed by atoms with E-state index in [-0.39, 0.29) is 11.8 Å². The smallest absolute Gasteiger partial charge is 0.277 e. The first-order valence-corrected chi connectivity index (χ1v) is 8.57. The van der Waals surface area contributed by atoms with E-state index in [0.717, 1.165) is 36.2 Å². The molecular formula is C21H20N2O2. The first-order chi connectivity index (χ1) is 12.1. The van der Waals surface area contributed by atoms with Crippen LogP contribution in [0.4, 0.5) is 5.69 Å². The van der Waals surface area contributed by atoms with Crippen LogP contribution in [0.3, 0.4) is 0 Å². The third-order valence-electron chi connectivity index (χ3n) is 4.98. The van der Waals surface area contributed by atoms with Crippen molar-refractivity contribution in [2.45, 2.75) is 19.8 Å². The van der Waals surface area contributed by atoms with Gasteiger partial charge in [0.05, 0.1) is 5.57 Å². The van der Waals surface area contributed by atoms with Gasteiger partial charge in [-0.25, -0.2) is 0 Å². The molecule has 0 saturated heterocycles. The number of carbonyl (C=O) groups is 2. The van der Waals surface area contributed by atoms with Crippen LogP contribution in [0.15, 0.2) is 54.2 Å². The van der Waals surface area contributed by atoms with Gasteiger partial charge in [-0.15, -0.1) is 0 Å². The molecule has 0 fully saturated rings. The lowest BCUT2D eigenvalue weighted by Gasteiger charge is -2.31. The number of para-hydroxylation sites is 1. The molecule has 2 aromatic carbocycles. The normalized spacial score (nSPS) is 17.4. The maximum absolute atomic E-state index is 12.9. The molecule has 2 aliphatic rings. The van der Waals surface area contributed by atoms with Crippen molar-refractivity contribution in [1.29, 1.82) is 0 Å². The molecule has 0 atom stereocenters. The van der Waals surface area contributed by atoms with Crippen LogP contribution in [0.2, 0.25) is 0 Å². The molecule has 25 heavy (non-hydrogen) atoms. The number of benzene rings is 2. The zero-order valence-electron chi connectivity index (χ0n) is 14.5. The predicted molar refractivity (Wildman–Crippen MR) is 98.0 cm³/mol. The molecule has 2 aliphatic heterocycles. The standard InChI is InChI=1S/C21H20N2O2/c1-14-9-11-16(12-10-14)18-19(21(25)22(2)20(18)24)23-13-5-7-15-6-3-4-8-17(15)23/h3-4,6,8-12H,5,7,13H2,1-2H3. The van der Waals surface area contributed by atoms with E-state index in [1.807, 2.05) is 54.3 Å². The number of likely N-dealkylation sites (N-methyl/N-ethyl adjacent to an activating group) is 1. The van der Waals surface area contributed by atoms with Gasteiger partial charge in [0.1, 0.15) is 5.70 Å². The van der Waals surface area contributed by atoms with E-state index >= 15 is 0 Å². The Balaban J connectivity index is 1.91. The molecule has 0 spiro atoms. The van der Waals surface area contributed by atoms with Crippen molar-refractivity contribution < 1.29 is 9.59 Å². The van der Waals surface area contributed by atoms with Gasteiger partial charge in [0.15, 0.2) is 0 Å². The number of nitrogens with zero attached hydrogens (tertiary/aromatic N) is 2. The quantitative estimate of drug-likeness (QED) is 0.793. The minimum absolute atomic E-state index is 0.225. The molecule has 0 N–H and O–H groups in total. The fourth-order valence-corrected chi connectivity index (χ4v) is 3.62. The number of hydrogen-bond acceptors (Lipinski definition) is 3. The summed E-state index contributed by atoms with van der Waals surface area (Å²) in [5.41, 5.74) is 5.18. The molecule has 2 heterocycles. The minimum atomic E-state index is -0.230. The molecule has 4 nitrogen and oxygen atoms in total. The van der Waals surface area contributed by atoms with Crippen LogP contribution in [0.1, 0.15) is 23.1 Å². The van der Waals surface area contributed by atoms with Crippen LogP contribution in [-0.2, 0) is 16.0 Å². The first kappa shape index (κ1) is 15.6. The second-order valence-electron chi connectivity index (χ2n) is 6.64. The van der Waals surface area contributed by atoms with Crippen LogP contribution < -0.4 is 4.90 Å². The summed E-state index contributed by atoms with van der Waals surface area (Å²) in [4.78, 5) is 28.9. The molecule has 0 aromatic heterocycles. The van der Waals surface area contributed by atoms with Crippen molar-refractivity contribution >= 4 is 23.1 Å².